The number of nitrogens with two attached hydrogens (primary N) is 1. The lowest BCUT2D eigenvalue weighted by Crippen LogP contribution is -2.35. The molecule has 0 atom stereocenters. The van der Waals surface area contributed by atoms with Gasteiger partial charge in [0.05, 0.1) is 0 Å². The molecule has 0 amide bonds. The van der Waals surface area contributed by atoms with Crippen LogP contribution in [0.4, 0.5) is 0 Å². The highest BCUT2D eigenvalue weighted by Gasteiger charge is 2.33. The zero-order chi connectivity index (χ0) is 13.7. The molecule has 1 saturated carbocycles. The third-order valence-electron chi connectivity index (χ3n) is 5.13. The molecule has 3 heteroatoms. The molecule has 1 aliphatic rings. The molecule has 0 aromatic carbocycles. The largest absolute Gasteiger partial charge is 0.330 e. The first-order chi connectivity index (χ1) is 9.19. The molecule has 1 aliphatic carbocycles. The van der Waals surface area contributed by atoms with E-state index in [1.165, 1.54) is 50.6 Å². The summed E-state index contributed by atoms with van der Waals surface area (Å²) < 4.78 is 1.99. The molecule has 0 saturated heterocycles. The molecule has 2 N–H and O–H groups in total. The van der Waals surface area contributed by atoms with Crippen LogP contribution in [0.15, 0.2) is 12.3 Å². The Balaban J connectivity index is 1.88. The molecular weight excluding hydrogens is 234 g/mol. The Morgan fingerprint density at radius 1 is 1.42 bits per heavy atom. The van der Waals surface area contributed by atoms with Crippen LogP contribution in [0.1, 0.15) is 57.6 Å². The van der Waals surface area contributed by atoms with Gasteiger partial charge in [-0.2, -0.15) is 5.10 Å². The molecule has 1 heterocycles. The predicted octanol–water partition coefficient (Wildman–Crippen LogP) is 3.29. The van der Waals surface area contributed by atoms with E-state index in [4.69, 9.17) is 5.73 Å². The molecule has 0 spiro atoms. The molecule has 0 unspecified atom stereocenters. The molecule has 1 aromatic rings. The first-order valence-corrected chi connectivity index (χ1v) is 7.86. The maximum Gasteiger partial charge on any atom is 0.0492 e. The lowest BCUT2D eigenvalue weighted by Gasteiger charge is -2.39. The fourth-order valence-electron chi connectivity index (χ4n) is 3.58. The van der Waals surface area contributed by atoms with Crippen LogP contribution >= 0.6 is 0 Å². The van der Waals surface area contributed by atoms with Crippen molar-refractivity contribution in [1.82, 2.24) is 9.78 Å². The van der Waals surface area contributed by atoms with Crippen molar-refractivity contribution >= 4 is 0 Å². The molecule has 0 aliphatic heterocycles. The van der Waals surface area contributed by atoms with Crippen LogP contribution < -0.4 is 5.73 Å². The Hall–Kier alpha value is -0.830. The molecule has 0 radical (unpaired) electrons. The second-order valence-corrected chi connectivity index (χ2v) is 6.38. The highest BCUT2D eigenvalue weighted by Crippen LogP contribution is 2.42. The second-order valence-electron chi connectivity index (χ2n) is 6.38. The topological polar surface area (TPSA) is 43.8 Å². The van der Waals surface area contributed by atoms with Crippen molar-refractivity contribution in [2.24, 2.45) is 24.1 Å². The van der Waals surface area contributed by atoms with Crippen LogP contribution in [-0.4, -0.2) is 16.3 Å². The van der Waals surface area contributed by atoms with E-state index in [1.807, 2.05) is 17.9 Å². The summed E-state index contributed by atoms with van der Waals surface area (Å²) in [4.78, 5) is 0. The maximum absolute atomic E-state index is 6.11. The van der Waals surface area contributed by atoms with E-state index in [0.717, 1.165) is 18.9 Å². The van der Waals surface area contributed by atoms with E-state index >= 15 is 0 Å². The monoisotopic (exact) mass is 263 g/mol. The van der Waals surface area contributed by atoms with Gasteiger partial charge in [-0.15, -0.1) is 0 Å². The van der Waals surface area contributed by atoms with Crippen LogP contribution in [0, 0.1) is 11.3 Å². The number of aromatic nitrogens is 2. The van der Waals surface area contributed by atoms with Gasteiger partial charge >= 0.3 is 0 Å². The van der Waals surface area contributed by atoms with Crippen molar-refractivity contribution in [3.8, 4) is 0 Å². The molecule has 1 fully saturated rings. The summed E-state index contributed by atoms with van der Waals surface area (Å²) in [5.41, 5.74) is 7.85. The Kier molecular flexibility index (Phi) is 5.03. The molecule has 2 rings (SSSR count). The summed E-state index contributed by atoms with van der Waals surface area (Å²) in [6, 6.07) is 2.13. The zero-order valence-corrected chi connectivity index (χ0v) is 12.6. The number of hydrogen-bond acceptors (Lipinski definition) is 2. The predicted molar refractivity (Wildman–Crippen MR) is 79.9 cm³/mol. The summed E-state index contributed by atoms with van der Waals surface area (Å²) in [5.74, 6) is 0.960. The summed E-state index contributed by atoms with van der Waals surface area (Å²) in [5, 5.41) is 4.25. The molecular formula is C16H29N3. The van der Waals surface area contributed by atoms with Gasteiger partial charge < -0.3 is 5.73 Å². The second kappa shape index (κ2) is 6.56. The van der Waals surface area contributed by atoms with Gasteiger partial charge in [-0.05, 0) is 62.5 Å². The average molecular weight is 263 g/mol. The van der Waals surface area contributed by atoms with Gasteiger partial charge in [0.25, 0.3) is 0 Å². The van der Waals surface area contributed by atoms with Gasteiger partial charge in [0.1, 0.15) is 0 Å². The lowest BCUT2D eigenvalue weighted by molar-refractivity contribution is 0.139. The number of nitrogens with zero attached hydrogens (tertiary/aromatic N) is 2. The maximum atomic E-state index is 6.11. The van der Waals surface area contributed by atoms with Gasteiger partial charge in [0, 0.05) is 18.9 Å². The Morgan fingerprint density at radius 3 is 2.68 bits per heavy atom. The Labute approximate surface area is 117 Å². The molecule has 3 nitrogen and oxygen atoms in total. The standard InChI is InChI=1S/C16H29N3/c1-3-4-14-5-9-16(13-17,10-6-14)11-7-15-8-12-18-19(15)2/h8,12,14H,3-7,9-11,13,17H2,1-2H3. The fourth-order valence-corrected chi connectivity index (χ4v) is 3.58. The van der Waals surface area contributed by atoms with E-state index < -0.39 is 0 Å². The summed E-state index contributed by atoms with van der Waals surface area (Å²) in [6.07, 6.45) is 12.4. The van der Waals surface area contributed by atoms with E-state index in [1.54, 1.807) is 0 Å². The van der Waals surface area contributed by atoms with Crippen LogP contribution in [0.2, 0.25) is 0 Å². The third-order valence-corrected chi connectivity index (χ3v) is 5.13. The molecule has 108 valence electrons. The minimum Gasteiger partial charge on any atom is -0.330 e. The normalized spacial score (nSPS) is 27.6. The first kappa shape index (κ1) is 14.6. The molecule has 19 heavy (non-hydrogen) atoms. The first-order valence-electron chi connectivity index (χ1n) is 7.86. The Bertz CT molecular complexity index is 375. The molecule has 0 bridgehead atoms. The van der Waals surface area contributed by atoms with Crippen molar-refractivity contribution in [2.45, 2.75) is 58.3 Å². The number of hydrogen-bond donors (Lipinski definition) is 1. The number of aryl methyl sites for hydroxylation is 2. The van der Waals surface area contributed by atoms with E-state index in [0.29, 0.717) is 5.41 Å². The van der Waals surface area contributed by atoms with E-state index in [2.05, 4.69) is 18.1 Å². The van der Waals surface area contributed by atoms with E-state index in [9.17, 15) is 0 Å². The highest BCUT2D eigenvalue weighted by atomic mass is 15.2. The van der Waals surface area contributed by atoms with Gasteiger partial charge in [-0.1, -0.05) is 19.8 Å². The summed E-state index contributed by atoms with van der Waals surface area (Å²) in [7, 11) is 2.03. The fraction of sp³-hybridized carbons (Fsp3) is 0.812. The van der Waals surface area contributed by atoms with Crippen LogP contribution in [-0.2, 0) is 13.5 Å². The highest BCUT2D eigenvalue weighted by molar-refractivity contribution is 5.01. The SMILES string of the molecule is CCCC1CCC(CN)(CCc2ccnn2C)CC1. The van der Waals surface area contributed by atoms with Crippen molar-refractivity contribution in [2.75, 3.05) is 6.54 Å². The minimum atomic E-state index is 0.397. The quantitative estimate of drug-likeness (QED) is 0.856. The minimum absolute atomic E-state index is 0.397. The van der Waals surface area contributed by atoms with E-state index in [-0.39, 0.29) is 0 Å². The van der Waals surface area contributed by atoms with Gasteiger partial charge in [-0.25, -0.2) is 0 Å². The van der Waals surface area contributed by atoms with Crippen molar-refractivity contribution in [1.29, 1.82) is 0 Å². The van der Waals surface area contributed by atoms with Crippen LogP contribution in [0.3, 0.4) is 0 Å². The number of rotatable bonds is 6. The molecule has 1 aromatic heterocycles. The average Bonchev–Trinajstić information content (AvgIpc) is 2.84. The Morgan fingerprint density at radius 2 is 2.16 bits per heavy atom. The summed E-state index contributed by atoms with van der Waals surface area (Å²) >= 11 is 0. The van der Waals surface area contributed by atoms with Crippen LogP contribution in [0.5, 0.6) is 0 Å². The summed E-state index contributed by atoms with van der Waals surface area (Å²) in [6.45, 7) is 3.15. The smallest absolute Gasteiger partial charge is 0.0492 e. The van der Waals surface area contributed by atoms with Gasteiger partial charge in [0.2, 0.25) is 0 Å². The van der Waals surface area contributed by atoms with Crippen molar-refractivity contribution < 1.29 is 0 Å². The van der Waals surface area contributed by atoms with Crippen LogP contribution in [0.25, 0.3) is 0 Å². The zero-order valence-electron chi connectivity index (χ0n) is 12.6. The van der Waals surface area contributed by atoms with Gasteiger partial charge in [-0.3, -0.25) is 4.68 Å². The third kappa shape index (κ3) is 3.59. The van der Waals surface area contributed by atoms with Gasteiger partial charge in [0.15, 0.2) is 0 Å². The lowest BCUT2D eigenvalue weighted by atomic mass is 9.67. The van der Waals surface area contributed by atoms with Crippen molar-refractivity contribution in [3.05, 3.63) is 18.0 Å². The van der Waals surface area contributed by atoms with Crippen molar-refractivity contribution in [3.63, 3.8) is 0 Å².